The third-order valence-corrected chi connectivity index (χ3v) is 3.57. The molecular weight excluding hydrogens is 244 g/mol. The van der Waals surface area contributed by atoms with Crippen molar-refractivity contribution in [3.63, 3.8) is 0 Å². The molecule has 0 spiro atoms. The summed E-state index contributed by atoms with van der Waals surface area (Å²) in [7, 11) is 0. The zero-order chi connectivity index (χ0) is 13.1. The highest BCUT2D eigenvalue weighted by molar-refractivity contribution is 5.65. The molecule has 0 radical (unpaired) electrons. The van der Waals surface area contributed by atoms with Crippen LogP contribution in [0.1, 0.15) is 6.42 Å². The van der Waals surface area contributed by atoms with Crippen LogP contribution in [0.2, 0.25) is 0 Å². The van der Waals surface area contributed by atoms with Crippen LogP contribution in [0.25, 0.3) is 0 Å². The highest BCUT2D eigenvalue weighted by Gasteiger charge is 2.25. The Morgan fingerprint density at radius 2 is 2.16 bits per heavy atom. The third kappa shape index (κ3) is 2.62. The number of aliphatic hydroxyl groups excluding tert-OH is 1. The van der Waals surface area contributed by atoms with Crippen LogP contribution in [-0.4, -0.2) is 50.6 Å². The molecule has 1 saturated heterocycles. The third-order valence-electron chi connectivity index (χ3n) is 3.57. The molecule has 2 aliphatic heterocycles. The molecule has 0 aromatic heterocycles. The Hall–Kier alpha value is -1.46. The van der Waals surface area contributed by atoms with E-state index in [1.54, 1.807) is 0 Å². The number of nitrogens with one attached hydrogen (secondary N) is 1. The van der Waals surface area contributed by atoms with E-state index in [1.807, 2.05) is 12.1 Å². The number of fused-ring (bicyclic) bond motifs is 1. The van der Waals surface area contributed by atoms with Crippen LogP contribution in [0.15, 0.2) is 18.2 Å². The van der Waals surface area contributed by atoms with Gasteiger partial charge in [-0.3, -0.25) is 0 Å². The standard InChI is InChI=1S/C14H20N2O3/c17-9-4-11-10-18-14-12(2-1-3-13(14)19-11)16-7-5-15-6-8-16/h1-3,11,15,17H,4-10H2. The van der Waals surface area contributed by atoms with Crippen molar-refractivity contribution in [3.05, 3.63) is 18.2 Å². The zero-order valence-electron chi connectivity index (χ0n) is 11.0. The largest absolute Gasteiger partial charge is 0.484 e. The van der Waals surface area contributed by atoms with Gasteiger partial charge in [0.05, 0.1) is 5.69 Å². The van der Waals surface area contributed by atoms with Crippen molar-refractivity contribution in [1.82, 2.24) is 5.32 Å². The maximum absolute atomic E-state index is 8.97. The van der Waals surface area contributed by atoms with Crippen molar-refractivity contribution in [1.29, 1.82) is 0 Å². The lowest BCUT2D eigenvalue weighted by atomic mass is 10.2. The minimum Gasteiger partial charge on any atom is -0.484 e. The molecule has 2 N–H and O–H groups in total. The van der Waals surface area contributed by atoms with E-state index in [0.29, 0.717) is 13.0 Å². The lowest BCUT2D eigenvalue weighted by Crippen LogP contribution is -2.44. The van der Waals surface area contributed by atoms with Gasteiger partial charge in [0.1, 0.15) is 12.7 Å². The normalized spacial score (nSPS) is 22.4. The number of rotatable bonds is 3. The van der Waals surface area contributed by atoms with E-state index in [1.165, 1.54) is 0 Å². The van der Waals surface area contributed by atoms with Crippen molar-refractivity contribution in [2.75, 3.05) is 44.3 Å². The van der Waals surface area contributed by atoms with Crippen LogP contribution in [0.5, 0.6) is 11.5 Å². The number of hydrogen-bond acceptors (Lipinski definition) is 5. The van der Waals surface area contributed by atoms with Crippen LogP contribution in [0.4, 0.5) is 5.69 Å². The average molecular weight is 264 g/mol. The van der Waals surface area contributed by atoms with Crippen LogP contribution in [-0.2, 0) is 0 Å². The van der Waals surface area contributed by atoms with Gasteiger partial charge >= 0.3 is 0 Å². The Balaban J connectivity index is 1.81. The monoisotopic (exact) mass is 264 g/mol. The molecule has 0 amide bonds. The van der Waals surface area contributed by atoms with Gasteiger partial charge in [-0.2, -0.15) is 0 Å². The Labute approximate surface area is 113 Å². The number of benzene rings is 1. The Morgan fingerprint density at radius 3 is 2.95 bits per heavy atom. The number of nitrogens with zero attached hydrogens (tertiary/aromatic N) is 1. The Kier molecular flexibility index (Phi) is 3.75. The van der Waals surface area contributed by atoms with Gasteiger partial charge in [-0.1, -0.05) is 6.07 Å². The quantitative estimate of drug-likeness (QED) is 0.838. The summed E-state index contributed by atoms with van der Waals surface area (Å²) in [5.41, 5.74) is 1.11. The van der Waals surface area contributed by atoms with Crippen molar-refractivity contribution in [2.45, 2.75) is 12.5 Å². The molecule has 1 fully saturated rings. The predicted molar refractivity (Wildman–Crippen MR) is 73.1 cm³/mol. The second kappa shape index (κ2) is 5.67. The number of piperazine rings is 1. The molecule has 3 rings (SSSR count). The Morgan fingerprint density at radius 1 is 1.32 bits per heavy atom. The fourth-order valence-electron chi connectivity index (χ4n) is 2.57. The summed E-state index contributed by atoms with van der Waals surface area (Å²) in [4.78, 5) is 2.32. The second-order valence-corrected chi connectivity index (χ2v) is 4.90. The lowest BCUT2D eigenvalue weighted by Gasteiger charge is -2.34. The molecule has 1 unspecified atom stereocenters. The van der Waals surface area contributed by atoms with Crippen LogP contribution in [0.3, 0.4) is 0 Å². The van der Waals surface area contributed by atoms with Gasteiger partial charge in [0.15, 0.2) is 11.5 Å². The van der Waals surface area contributed by atoms with E-state index >= 15 is 0 Å². The van der Waals surface area contributed by atoms with Gasteiger partial charge in [-0.15, -0.1) is 0 Å². The summed E-state index contributed by atoms with van der Waals surface area (Å²) in [5.74, 6) is 1.64. The fourth-order valence-corrected chi connectivity index (χ4v) is 2.57. The predicted octanol–water partition coefficient (Wildman–Crippen LogP) is 0.618. The van der Waals surface area contributed by atoms with Crippen LogP contribution in [0, 0.1) is 0 Å². The number of anilines is 1. The van der Waals surface area contributed by atoms with Gasteiger partial charge < -0.3 is 24.8 Å². The zero-order valence-corrected chi connectivity index (χ0v) is 11.0. The Bertz CT molecular complexity index is 433. The minimum absolute atomic E-state index is 0.0456. The first-order chi connectivity index (χ1) is 9.38. The summed E-state index contributed by atoms with van der Waals surface area (Å²) < 4.78 is 11.8. The fraction of sp³-hybridized carbons (Fsp3) is 0.571. The SMILES string of the molecule is OCCC1COc2c(cccc2N2CCNCC2)O1. The van der Waals surface area contributed by atoms with Crippen LogP contribution < -0.4 is 19.7 Å². The van der Waals surface area contributed by atoms with Gasteiger partial charge in [0.25, 0.3) is 0 Å². The molecule has 1 aromatic rings. The topological polar surface area (TPSA) is 54.0 Å². The van der Waals surface area contributed by atoms with E-state index in [-0.39, 0.29) is 12.7 Å². The second-order valence-electron chi connectivity index (χ2n) is 4.90. The minimum atomic E-state index is -0.0456. The van der Waals surface area contributed by atoms with Gasteiger partial charge in [-0.25, -0.2) is 0 Å². The summed E-state index contributed by atoms with van der Waals surface area (Å²) >= 11 is 0. The highest BCUT2D eigenvalue weighted by Crippen LogP contribution is 2.40. The molecule has 5 heteroatoms. The van der Waals surface area contributed by atoms with Crippen molar-refractivity contribution in [2.24, 2.45) is 0 Å². The number of para-hydroxylation sites is 1. The smallest absolute Gasteiger partial charge is 0.184 e. The molecule has 2 heterocycles. The van der Waals surface area contributed by atoms with Crippen molar-refractivity contribution in [3.8, 4) is 11.5 Å². The summed E-state index contributed by atoms with van der Waals surface area (Å²) in [6.45, 7) is 4.60. The molecule has 1 aromatic carbocycles. The first kappa shape index (κ1) is 12.6. The van der Waals surface area contributed by atoms with Crippen LogP contribution >= 0.6 is 0 Å². The highest BCUT2D eigenvalue weighted by atomic mass is 16.6. The molecule has 0 saturated carbocycles. The van der Waals surface area contributed by atoms with E-state index < -0.39 is 0 Å². The molecule has 104 valence electrons. The lowest BCUT2D eigenvalue weighted by molar-refractivity contribution is 0.0707. The summed E-state index contributed by atoms with van der Waals surface area (Å²) in [6, 6.07) is 6.02. The number of ether oxygens (including phenoxy) is 2. The molecule has 0 aliphatic carbocycles. The van der Waals surface area contributed by atoms with E-state index in [2.05, 4.69) is 16.3 Å². The molecule has 1 atom stereocenters. The molecule has 5 nitrogen and oxygen atoms in total. The maximum Gasteiger partial charge on any atom is 0.184 e. The average Bonchev–Trinajstić information content (AvgIpc) is 2.48. The summed E-state index contributed by atoms with van der Waals surface area (Å²) in [5, 5.41) is 12.3. The van der Waals surface area contributed by atoms with Gasteiger partial charge in [-0.05, 0) is 12.1 Å². The van der Waals surface area contributed by atoms with E-state index in [0.717, 1.165) is 43.4 Å². The van der Waals surface area contributed by atoms with Crippen molar-refractivity contribution < 1.29 is 14.6 Å². The molecule has 19 heavy (non-hydrogen) atoms. The molecule has 2 aliphatic rings. The maximum atomic E-state index is 8.97. The molecular formula is C14H20N2O3. The summed E-state index contributed by atoms with van der Waals surface area (Å²) in [6.07, 6.45) is 0.563. The van der Waals surface area contributed by atoms with Gasteiger partial charge in [0.2, 0.25) is 0 Å². The first-order valence-corrected chi connectivity index (χ1v) is 6.87. The molecule has 0 bridgehead atoms. The first-order valence-electron chi connectivity index (χ1n) is 6.87. The van der Waals surface area contributed by atoms with Crippen molar-refractivity contribution >= 4 is 5.69 Å². The van der Waals surface area contributed by atoms with E-state index in [4.69, 9.17) is 14.6 Å². The van der Waals surface area contributed by atoms with E-state index in [9.17, 15) is 0 Å². The number of aliphatic hydroxyl groups is 1. The number of hydrogen-bond donors (Lipinski definition) is 2. The van der Waals surface area contributed by atoms with Gasteiger partial charge in [0, 0.05) is 39.2 Å².